The summed E-state index contributed by atoms with van der Waals surface area (Å²) in [7, 11) is 1.71. The van der Waals surface area contributed by atoms with E-state index in [0.29, 0.717) is 17.8 Å². The van der Waals surface area contributed by atoms with Crippen molar-refractivity contribution in [2.24, 2.45) is 0 Å². The van der Waals surface area contributed by atoms with Crippen LogP contribution in [0, 0.1) is 6.92 Å². The molecule has 1 saturated heterocycles. The third-order valence-corrected chi connectivity index (χ3v) is 4.92. The highest BCUT2D eigenvalue weighted by molar-refractivity contribution is 5.30. The van der Waals surface area contributed by atoms with E-state index in [4.69, 9.17) is 9.15 Å². The van der Waals surface area contributed by atoms with Gasteiger partial charge in [0.25, 0.3) is 0 Å². The van der Waals surface area contributed by atoms with Gasteiger partial charge in [0, 0.05) is 39.1 Å². The maximum absolute atomic E-state index is 5.58. The standard InChI is InChI=1S/C18H26N4O2/c1-13(16-6-5-7-17(12-16)23-4)21-8-10-22(11-9-21)14(2)18-20-19-15(3)24-18/h5-7,12-14H,8-11H2,1-4H3/t13-,14+/m0/s1. The highest BCUT2D eigenvalue weighted by Gasteiger charge is 2.27. The Morgan fingerprint density at radius 2 is 1.71 bits per heavy atom. The van der Waals surface area contributed by atoms with Crippen LogP contribution in [0.15, 0.2) is 28.7 Å². The molecule has 1 fully saturated rings. The molecule has 0 unspecified atom stereocenters. The third kappa shape index (κ3) is 3.60. The van der Waals surface area contributed by atoms with Crippen LogP contribution in [0.1, 0.15) is 43.3 Å². The van der Waals surface area contributed by atoms with E-state index in [1.165, 1.54) is 5.56 Å². The summed E-state index contributed by atoms with van der Waals surface area (Å²) in [4.78, 5) is 4.92. The van der Waals surface area contributed by atoms with Gasteiger partial charge in [0.15, 0.2) is 0 Å². The van der Waals surface area contributed by atoms with Gasteiger partial charge in [-0.1, -0.05) is 12.1 Å². The highest BCUT2D eigenvalue weighted by atomic mass is 16.5. The molecule has 0 N–H and O–H groups in total. The highest BCUT2D eigenvalue weighted by Crippen LogP contribution is 2.27. The molecule has 1 aromatic carbocycles. The Kier molecular flexibility index (Phi) is 5.16. The second-order valence-electron chi connectivity index (χ2n) is 6.36. The smallest absolute Gasteiger partial charge is 0.233 e. The number of hydrogen-bond acceptors (Lipinski definition) is 6. The Morgan fingerprint density at radius 1 is 1.04 bits per heavy atom. The van der Waals surface area contributed by atoms with Crippen LogP contribution in [-0.2, 0) is 0 Å². The minimum absolute atomic E-state index is 0.167. The molecule has 6 heteroatoms. The minimum Gasteiger partial charge on any atom is -0.497 e. The fourth-order valence-electron chi connectivity index (χ4n) is 3.26. The number of ether oxygens (including phenoxy) is 1. The number of aromatic nitrogens is 2. The lowest BCUT2D eigenvalue weighted by Crippen LogP contribution is -2.47. The van der Waals surface area contributed by atoms with Crippen molar-refractivity contribution in [1.82, 2.24) is 20.0 Å². The van der Waals surface area contributed by atoms with E-state index in [1.54, 1.807) is 7.11 Å². The van der Waals surface area contributed by atoms with Gasteiger partial charge in [-0.3, -0.25) is 9.80 Å². The van der Waals surface area contributed by atoms with Crippen LogP contribution in [0.5, 0.6) is 5.75 Å². The number of nitrogens with zero attached hydrogens (tertiary/aromatic N) is 4. The van der Waals surface area contributed by atoms with Crippen LogP contribution in [-0.4, -0.2) is 53.3 Å². The monoisotopic (exact) mass is 330 g/mol. The average molecular weight is 330 g/mol. The van der Waals surface area contributed by atoms with Crippen molar-refractivity contribution in [2.75, 3.05) is 33.3 Å². The van der Waals surface area contributed by atoms with Crippen molar-refractivity contribution in [3.63, 3.8) is 0 Å². The van der Waals surface area contributed by atoms with E-state index in [0.717, 1.165) is 31.9 Å². The summed E-state index contributed by atoms with van der Waals surface area (Å²) in [6, 6.07) is 8.89. The summed E-state index contributed by atoms with van der Waals surface area (Å²) >= 11 is 0. The first kappa shape index (κ1) is 16.9. The Labute approximate surface area is 143 Å². The number of methoxy groups -OCH3 is 1. The Balaban J connectivity index is 1.60. The largest absolute Gasteiger partial charge is 0.497 e. The Bertz CT molecular complexity index is 665. The van der Waals surface area contributed by atoms with E-state index < -0.39 is 0 Å². The van der Waals surface area contributed by atoms with E-state index in [2.05, 4.69) is 52.0 Å². The van der Waals surface area contributed by atoms with Crippen LogP contribution in [0.2, 0.25) is 0 Å². The molecule has 0 radical (unpaired) electrons. The van der Waals surface area contributed by atoms with Gasteiger partial charge < -0.3 is 9.15 Å². The number of piperazine rings is 1. The summed E-state index contributed by atoms with van der Waals surface area (Å²) in [5.41, 5.74) is 1.29. The van der Waals surface area contributed by atoms with E-state index >= 15 is 0 Å². The summed E-state index contributed by atoms with van der Waals surface area (Å²) in [5.74, 6) is 2.25. The predicted octanol–water partition coefficient (Wildman–Crippen LogP) is 2.83. The lowest BCUT2D eigenvalue weighted by Gasteiger charge is -2.39. The Morgan fingerprint density at radius 3 is 2.29 bits per heavy atom. The molecule has 0 aliphatic carbocycles. The second kappa shape index (κ2) is 7.32. The quantitative estimate of drug-likeness (QED) is 0.840. The zero-order valence-electron chi connectivity index (χ0n) is 14.9. The zero-order chi connectivity index (χ0) is 17.1. The summed E-state index contributed by atoms with van der Waals surface area (Å²) < 4.78 is 10.9. The fourth-order valence-corrected chi connectivity index (χ4v) is 3.26. The van der Waals surface area contributed by atoms with Gasteiger partial charge in [-0.15, -0.1) is 10.2 Å². The van der Waals surface area contributed by atoms with Gasteiger partial charge in [-0.05, 0) is 31.5 Å². The molecule has 24 heavy (non-hydrogen) atoms. The molecule has 2 atom stereocenters. The number of hydrogen-bond donors (Lipinski definition) is 0. The molecule has 0 amide bonds. The molecule has 0 spiro atoms. The predicted molar refractivity (Wildman–Crippen MR) is 92.0 cm³/mol. The summed E-state index contributed by atoms with van der Waals surface area (Å²) in [6.45, 7) is 10.3. The first-order valence-corrected chi connectivity index (χ1v) is 8.50. The SMILES string of the molecule is COc1cccc([C@H](C)N2CCN([C@H](C)c3nnc(C)o3)CC2)c1. The van der Waals surface area contributed by atoms with Crippen molar-refractivity contribution in [3.8, 4) is 5.75 Å². The van der Waals surface area contributed by atoms with Gasteiger partial charge >= 0.3 is 0 Å². The van der Waals surface area contributed by atoms with Gasteiger partial charge in [0.1, 0.15) is 5.75 Å². The fraction of sp³-hybridized carbons (Fsp3) is 0.556. The van der Waals surface area contributed by atoms with E-state index in [9.17, 15) is 0 Å². The topological polar surface area (TPSA) is 54.6 Å². The van der Waals surface area contributed by atoms with Crippen molar-refractivity contribution < 1.29 is 9.15 Å². The van der Waals surface area contributed by atoms with E-state index in [1.807, 2.05) is 13.0 Å². The first-order chi connectivity index (χ1) is 11.6. The van der Waals surface area contributed by atoms with Gasteiger partial charge in [0.05, 0.1) is 13.2 Å². The lowest BCUT2D eigenvalue weighted by atomic mass is 10.1. The normalized spacial score (nSPS) is 19.2. The lowest BCUT2D eigenvalue weighted by molar-refractivity contribution is 0.0696. The molecule has 1 aromatic heterocycles. The van der Waals surface area contributed by atoms with Crippen LogP contribution in [0.3, 0.4) is 0 Å². The molecular formula is C18H26N4O2. The number of aryl methyl sites for hydroxylation is 1. The van der Waals surface area contributed by atoms with Gasteiger partial charge in [-0.2, -0.15) is 0 Å². The minimum atomic E-state index is 0.167. The molecule has 3 rings (SSSR count). The summed E-state index contributed by atoms with van der Waals surface area (Å²) in [6.07, 6.45) is 0. The van der Waals surface area contributed by atoms with Gasteiger partial charge in [-0.25, -0.2) is 0 Å². The average Bonchev–Trinajstić information content (AvgIpc) is 3.07. The van der Waals surface area contributed by atoms with Crippen LogP contribution < -0.4 is 4.74 Å². The second-order valence-corrected chi connectivity index (χ2v) is 6.36. The molecule has 6 nitrogen and oxygen atoms in total. The van der Waals surface area contributed by atoms with Gasteiger partial charge in [0.2, 0.25) is 11.8 Å². The van der Waals surface area contributed by atoms with E-state index in [-0.39, 0.29) is 6.04 Å². The molecular weight excluding hydrogens is 304 g/mol. The maximum Gasteiger partial charge on any atom is 0.233 e. The third-order valence-electron chi connectivity index (χ3n) is 4.92. The molecule has 0 bridgehead atoms. The molecule has 1 aliphatic heterocycles. The first-order valence-electron chi connectivity index (χ1n) is 8.50. The van der Waals surface area contributed by atoms with Crippen molar-refractivity contribution in [3.05, 3.63) is 41.6 Å². The van der Waals surface area contributed by atoms with Crippen LogP contribution in [0.25, 0.3) is 0 Å². The summed E-state index contributed by atoms with van der Waals surface area (Å²) in [5, 5.41) is 8.09. The molecule has 1 aliphatic rings. The Hall–Kier alpha value is -1.92. The molecule has 130 valence electrons. The van der Waals surface area contributed by atoms with Crippen molar-refractivity contribution in [2.45, 2.75) is 32.9 Å². The van der Waals surface area contributed by atoms with Crippen LogP contribution >= 0.6 is 0 Å². The maximum atomic E-state index is 5.58. The van der Waals surface area contributed by atoms with Crippen molar-refractivity contribution in [1.29, 1.82) is 0 Å². The number of rotatable bonds is 5. The zero-order valence-corrected chi connectivity index (χ0v) is 14.9. The molecule has 2 aromatic rings. The number of benzene rings is 1. The van der Waals surface area contributed by atoms with Crippen molar-refractivity contribution >= 4 is 0 Å². The molecule has 2 heterocycles. The van der Waals surface area contributed by atoms with Crippen LogP contribution in [0.4, 0.5) is 0 Å². The molecule has 0 saturated carbocycles.